The van der Waals surface area contributed by atoms with Crippen molar-refractivity contribution >= 4 is 15.9 Å². The van der Waals surface area contributed by atoms with E-state index in [0.717, 1.165) is 5.56 Å². The Hall–Kier alpha value is -1.44. The van der Waals surface area contributed by atoms with Gasteiger partial charge in [0.2, 0.25) is 15.9 Å². The number of nitrogens with one attached hydrogen (secondary N) is 1. The van der Waals surface area contributed by atoms with Crippen LogP contribution in [0.1, 0.15) is 31.9 Å². The van der Waals surface area contributed by atoms with Crippen molar-refractivity contribution < 1.29 is 13.2 Å². The molecule has 106 valence electrons. The molecule has 0 bridgehead atoms. The van der Waals surface area contributed by atoms with E-state index in [4.69, 9.17) is 10.9 Å². The number of carbonyl (C=O) groups excluding carboxylic acids is 1. The first-order valence-corrected chi connectivity index (χ1v) is 7.49. The summed E-state index contributed by atoms with van der Waals surface area (Å²) < 4.78 is 22.2. The minimum atomic E-state index is -3.69. The molecular weight excluding hydrogens is 266 g/mol. The topological polar surface area (TPSA) is 115 Å². The lowest BCUT2D eigenvalue weighted by Crippen LogP contribution is -2.41. The van der Waals surface area contributed by atoms with Crippen LogP contribution in [0.5, 0.6) is 0 Å². The van der Waals surface area contributed by atoms with E-state index >= 15 is 0 Å². The molecule has 0 aliphatic rings. The molecule has 0 spiro atoms. The van der Waals surface area contributed by atoms with Gasteiger partial charge in [0, 0.05) is 0 Å². The minimum absolute atomic E-state index is 0.0417. The number of amides is 1. The molecule has 1 amide bonds. The third kappa shape index (κ3) is 4.30. The number of rotatable bonds is 5. The van der Waals surface area contributed by atoms with Gasteiger partial charge in [0.1, 0.15) is 0 Å². The van der Waals surface area contributed by atoms with Gasteiger partial charge in [-0.15, -0.1) is 0 Å². The van der Waals surface area contributed by atoms with Gasteiger partial charge >= 0.3 is 0 Å². The molecule has 0 aliphatic carbocycles. The summed E-state index contributed by atoms with van der Waals surface area (Å²) in [6.07, 6.45) is 0.558. The lowest BCUT2D eigenvalue weighted by Gasteiger charge is -2.17. The van der Waals surface area contributed by atoms with Gasteiger partial charge in [-0.05, 0) is 31.0 Å². The highest BCUT2D eigenvalue weighted by molar-refractivity contribution is 7.89. The van der Waals surface area contributed by atoms with Crippen molar-refractivity contribution in [2.75, 3.05) is 0 Å². The zero-order valence-corrected chi connectivity index (χ0v) is 11.8. The Balaban J connectivity index is 2.79. The van der Waals surface area contributed by atoms with Crippen LogP contribution >= 0.6 is 0 Å². The fraction of sp³-hybridized carbons (Fsp3) is 0.417. The van der Waals surface area contributed by atoms with Crippen LogP contribution in [0.25, 0.3) is 0 Å². The second kappa shape index (κ2) is 6.14. The average Bonchev–Trinajstić information content (AvgIpc) is 2.36. The molecule has 5 N–H and O–H groups in total. The molecule has 0 heterocycles. The highest BCUT2D eigenvalue weighted by Crippen LogP contribution is 2.15. The van der Waals surface area contributed by atoms with E-state index in [-0.39, 0.29) is 16.8 Å². The van der Waals surface area contributed by atoms with Crippen LogP contribution in [0.15, 0.2) is 29.2 Å². The monoisotopic (exact) mass is 285 g/mol. The van der Waals surface area contributed by atoms with Crippen LogP contribution in [0.4, 0.5) is 0 Å². The van der Waals surface area contributed by atoms with Crippen molar-refractivity contribution in [3.05, 3.63) is 29.8 Å². The first-order chi connectivity index (χ1) is 8.75. The SMILES string of the molecule is CC[C@H](N)C(=O)NC(C)c1ccc(S(N)(=O)=O)cc1. The molecule has 0 aliphatic heterocycles. The van der Waals surface area contributed by atoms with Crippen molar-refractivity contribution in [2.45, 2.75) is 37.2 Å². The van der Waals surface area contributed by atoms with Crippen molar-refractivity contribution in [3.8, 4) is 0 Å². The van der Waals surface area contributed by atoms with Crippen LogP contribution in [-0.2, 0) is 14.8 Å². The predicted molar refractivity (Wildman–Crippen MR) is 72.6 cm³/mol. The Bertz CT molecular complexity index is 540. The largest absolute Gasteiger partial charge is 0.348 e. The molecule has 6 nitrogen and oxygen atoms in total. The van der Waals surface area contributed by atoms with Gasteiger partial charge in [0.25, 0.3) is 0 Å². The summed E-state index contributed by atoms with van der Waals surface area (Å²) in [7, 11) is -3.69. The first-order valence-electron chi connectivity index (χ1n) is 5.94. The molecule has 0 saturated heterocycles. The van der Waals surface area contributed by atoms with Gasteiger partial charge in [-0.25, -0.2) is 13.6 Å². The Morgan fingerprint density at radius 2 is 1.84 bits per heavy atom. The maximum absolute atomic E-state index is 11.6. The highest BCUT2D eigenvalue weighted by atomic mass is 32.2. The number of sulfonamides is 1. The Kier molecular flexibility index (Phi) is 5.04. The summed E-state index contributed by atoms with van der Waals surface area (Å²) in [6.45, 7) is 3.63. The average molecular weight is 285 g/mol. The number of primary sulfonamides is 1. The first kappa shape index (κ1) is 15.6. The quantitative estimate of drug-likeness (QED) is 0.719. The highest BCUT2D eigenvalue weighted by Gasteiger charge is 2.15. The molecule has 2 atom stereocenters. The molecule has 1 rings (SSSR count). The third-order valence-electron chi connectivity index (χ3n) is 2.84. The van der Waals surface area contributed by atoms with E-state index in [0.29, 0.717) is 6.42 Å². The number of hydrogen-bond donors (Lipinski definition) is 3. The summed E-state index contributed by atoms with van der Waals surface area (Å²) in [5.41, 5.74) is 6.40. The number of nitrogens with two attached hydrogens (primary N) is 2. The predicted octanol–water partition coefficient (Wildman–Crippen LogP) is 0.249. The maximum Gasteiger partial charge on any atom is 0.238 e. The van der Waals surface area contributed by atoms with Gasteiger partial charge in [-0.3, -0.25) is 4.79 Å². The van der Waals surface area contributed by atoms with E-state index in [1.54, 1.807) is 19.1 Å². The fourth-order valence-electron chi connectivity index (χ4n) is 1.54. The molecular formula is C12H19N3O3S. The third-order valence-corrected chi connectivity index (χ3v) is 3.77. The summed E-state index contributed by atoms with van der Waals surface area (Å²) >= 11 is 0. The Labute approximate surface area is 113 Å². The Morgan fingerprint density at radius 3 is 2.26 bits per heavy atom. The van der Waals surface area contributed by atoms with Crippen LogP contribution in [0.2, 0.25) is 0 Å². The van der Waals surface area contributed by atoms with E-state index < -0.39 is 16.1 Å². The lowest BCUT2D eigenvalue weighted by atomic mass is 10.1. The molecule has 0 fully saturated rings. The van der Waals surface area contributed by atoms with Crippen molar-refractivity contribution in [1.82, 2.24) is 5.32 Å². The normalized spacial score (nSPS) is 14.7. The van der Waals surface area contributed by atoms with Crippen molar-refractivity contribution in [1.29, 1.82) is 0 Å². The van der Waals surface area contributed by atoms with E-state index in [1.165, 1.54) is 12.1 Å². The Morgan fingerprint density at radius 1 is 1.32 bits per heavy atom. The molecule has 1 aromatic rings. The van der Waals surface area contributed by atoms with Crippen molar-refractivity contribution in [2.24, 2.45) is 10.9 Å². The summed E-state index contributed by atoms with van der Waals surface area (Å²) in [4.78, 5) is 11.7. The number of carbonyl (C=O) groups is 1. The molecule has 0 aromatic heterocycles. The van der Waals surface area contributed by atoms with Crippen LogP contribution in [0, 0.1) is 0 Å². The van der Waals surface area contributed by atoms with E-state index in [9.17, 15) is 13.2 Å². The van der Waals surface area contributed by atoms with Gasteiger partial charge in [-0.1, -0.05) is 19.1 Å². The van der Waals surface area contributed by atoms with Gasteiger partial charge in [0.15, 0.2) is 0 Å². The summed E-state index contributed by atoms with van der Waals surface area (Å²) in [5, 5.41) is 7.77. The standard InChI is InChI=1S/C12H19N3O3S/c1-3-11(13)12(16)15-8(2)9-4-6-10(7-5-9)19(14,17)18/h4-8,11H,3,13H2,1-2H3,(H,15,16)(H2,14,17,18)/t8?,11-/m0/s1. The lowest BCUT2D eigenvalue weighted by molar-refractivity contribution is -0.123. The zero-order valence-electron chi connectivity index (χ0n) is 11.0. The van der Waals surface area contributed by atoms with Gasteiger partial charge < -0.3 is 11.1 Å². The minimum Gasteiger partial charge on any atom is -0.348 e. The summed E-state index contributed by atoms with van der Waals surface area (Å²) in [6, 6.07) is 5.26. The van der Waals surface area contributed by atoms with Gasteiger partial charge in [-0.2, -0.15) is 0 Å². The van der Waals surface area contributed by atoms with Crippen LogP contribution in [-0.4, -0.2) is 20.4 Å². The van der Waals surface area contributed by atoms with Crippen LogP contribution in [0.3, 0.4) is 0 Å². The van der Waals surface area contributed by atoms with Crippen LogP contribution < -0.4 is 16.2 Å². The molecule has 1 aromatic carbocycles. The zero-order chi connectivity index (χ0) is 14.6. The van der Waals surface area contributed by atoms with Gasteiger partial charge in [0.05, 0.1) is 17.0 Å². The number of benzene rings is 1. The molecule has 0 radical (unpaired) electrons. The van der Waals surface area contributed by atoms with E-state index in [1.807, 2.05) is 6.92 Å². The van der Waals surface area contributed by atoms with E-state index in [2.05, 4.69) is 5.32 Å². The summed E-state index contributed by atoms with van der Waals surface area (Å²) in [5.74, 6) is -0.231. The molecule has 7 heteroatoms. The second-order valence-electron chi connectivity index (χ2n) is 4.36. The molecule has 0 saturated carbocycles. The second-order valence-corrected chi connectivity index (χ2v) is 5.92. The number of hydrogen-bond acceptors (Lipinski definition) is 4. The maximum atomic E-state index is 11.6. The molecule has 1 unspecified atom stereocenters. The molecule has 19 heavy (non-hydrogen) atoms. The smallest absolute Gasteiger partial charge is 0.238 e. The fourth-order valence-corrected chi connectivity index (χ4v) is 2.05. The van der Waals surface area contributed by atoms with Crippen molar-refractivity contribution in [3.63, 3.8) is 0 Å².